The molecule has 2 fully saturated rings. The molecule has 1 saturated carbocycles. The van der Waals surface area contributed by atoms with E-state index in [0.717, 1.165) is 28.9 Å². The molecule has 1 aromatic carbocycles. The van der Waals surface area contributed by atoms with Crippen LogP contribution in [0.15, 0.2) is 41.2 Å². The quantitative estimate of drug-likeness (QED) is 0.329. The third-order valence-electron chi connectivity index (χ3n) is 7.09. The number of rotatable bonds is 10. The number of aryl methyl sites for hydroxylation is 2. The topological polar surface area (TPSA) is 152 Å². The highest BCUT2D eigenvalue weighted by molar-refractivity contribution is 6.01. The van der Waals surface area contributed by atoms with Gasteiger partial charge in [-0.25, -0.2) is 23.2 Å². The molecule has 3 aromatic rings. The number of methoxy groups -OCH3 is 1. The average molecular weight is 584 g/mol. The van der Waals surface area contributed by atoms with Crippen molar-refractivity contribution in [1.29, 1.82) is 0 Å². The number of aromatic nitrogens is 3. The molecule has 42 heavy (non-hydrogen) atoms. The van der Waals surface area contributed by atoms with Gasteiger partial charge in [0.2, 0.25) is 0 Å². The van der Waals surface area contributed by atoms with Gasteiger partial charge >= 0.3 is 6.03 Å². The Morgan fingerprint density at radius 2 is 1.90 bits per heavy atom. The monoisotopic (exact) mass is 583 g/mol. The van der Waals surface area contributed by atoms with Crippen LogP contribution in [0.3, 0.4) is 0 Å². The number of hydrogen-bond donors (Lipinski definition) is 3. The van der Waals surface area contributed by atoms with Gasteiger partial charge in [0, 0.05) is 19.2 Å². The van der Waals surface area contributed by atoms with Crippen LogP contribution in [-0.2, 0) is 9.53 Å². The molecule has 2 atom stereocenters. The summed E-state index contributed by atoms with van der Waals surface area (Å²) in [5, 5.41) is 15.3. The number of benzene rings is 1. The van der Waals surface area contributed by atoms with Crippen LogP contribution in [0.25, 0.3) is 0 Å². The Morgan fingerprint density at radius 1 is 1.17 bits per heavy atom. The summed E-state index contributed by atoms with van der Waals surface area (Å²) in [4.78, 5) is 44.6. The van der Waals surface area contributed by atoms with Crippen molar-refractivity contribution in [2.45, 2.75) is 50.6 Å². The SMILES string of the molecule is COC[C@H](c1ccnc(NC(=O)[C@@H](NC(=O)c2nonc2C2CC2)c2cc(C)cc(C)c2)c1)N1CC(F)(F)CNC1=O. The van der Waals surface area contributed by atoms with E-state index in [4.69, 9.17) is 9.37 Å². The van der Waals surface area contributed by atoms with Crippen molar-refractivity contribution < 1.29 is 32.5 Å². The van der Waals surface area contributed by atoms with Crippen LogP contribution in [0, 0.1) is 13.8 Å². The highest BCUT2D eigenvalue weighted by Crippen LogP contribution is 2.40. The molecular weight excluding hydrogens is 552 g/mol. The molecule has 0 unspecified atom stereocenters. The minimum absolute atomic E-state index is 0.0267. The smallest absolute Gasteiger partial charge is 0.318 e. The number of amides is 4. The number of hydrogen-bond acceptors (Lipinski definition) is 8. The predicted molar refractivity (Wildman–Crippen MR) is 145 cm³/mol. The van der Waals surface area contributed by atoms with Gasteiger partial charge in [0.05, 0.1) is 25.7 Å². The van der Waals surface area contributed by atoms with E-state index in [2.05, 4.69) is 31.2 Å². The maximum absolute atomic E-state index is 14.2. The lowest BCUT2D eigenvalue weighted by atomic mass is 10.00. The molecular formula is C28H31F2N7O5. The molecule has 4 amide bonds. The molecule has 3 N–H and O–H groups in total. The first-order chi connectivity index (χ1) is 20.0. The molecule has 0 radical (unpaired) electrons. The molecule has 1 aliphatic heterocycles. The number of nitrogens with zero attached hydrogens (tertiary/aromatic N) is 4. The first kappa shape index (κ1) is 29.0. The summed E-state index contributed by atoms with van der Waals surface area (Å²) in [7, 11) is 1.40. The van der Waals surface area contributed by atoms with Crippen molar-refractivity contribution in [3.8, 4) is 0 Å². The number of carbonyl (C=O) groups excluding carboxylic acids is 3. The average Bonchev–Trinajstić information content (AvgIpc) is 3.66. The van der Waals surface area contributed by atoms with E-state index in [1.165, 1.54) is 19.4 Å². The van der Waals surface area contributed by atoms with Crippen LogP contribution in [-0.4, -0.2) is 70.8 Å². The summed E-state index contributed by atoms with van der Waals surface area (Å²) in [6.07, 6.45) is 3.14. The summed E-state index contributed by atoms with van der Waals surface area (Å²) in [5.74, 6) is -4.16. The lowest BCUT2D eigenvalue weighted by Gasteiger charge is -2.38. The second-order valence-electron chi connectivity index (χ2n) is 10.7. The number of ether oxygens (including phenoxy) is 1. The van der Waals surface area contributed by atoms with E-state index in [1.807, 2.05) is 19.9 Å². The molecule has 2 aliphatic rings. The lowest BCUT2D eigenvalue weighted by Crippen LogP contribution is -2.58. The standard InChI is InChI=1S/C28H31F2N7O5/c1-15-8-16(2)10-19(9-15)23(34-26(39)24-22(17-4-5-17)35-42-36-24)25(38)33-21-11-18(6-7-31-21)20(12-41-3)37-14-28(29,30)13-32-27(37)40/h6-11,17,20,23H,4-5,12-14H2,1-3H3,(H,32,40)(H,34,39)(H,31,33,38)/t20-,23+/m1/s1. The van der Waals surface area contributed by atoms with Crippen LogP contribution in [0.2, 0.25) is 0 Å². The number of anilines is 1. The first-order valence-electron chi connectivity index (χ1n) is 13.4. The summed E-state index contributed by atoms with van der Waals surface area (Å²) < 4.78 is 38.4. The van der Waals surface area contributed by atoms with Gasteiger partial charge in [0.1, 0.15) is 17.6 Å². The highest BCUT2D eigenvalue weighted by atomic mass is 19.3. The van der Waals surface area contributed by atoms with Gasteiger partial charge in [-0.2, -0.15) is 0 Å². The summed E-state index contributed by atoms with van der Waals surface area (Å²) in [6, 6.07) is 5.86. The summed E-state index contributed by atoms with van der Waals surface area (Å²) in [5.41, 5.74) is 3.21. The molecule has 12 nitrogen and oxygen atoms in total. The Bertz CT molecular complexity index is 1470. The van der Waals surface area contributed by atoms with Crippen LogP contribution in [0.4, 0.5) is 19.4 Å². The zero-order valence-corrected chi connectivity index (χ0v) is 23.3. The van der Waals surface area contributed by atoms with Crippen LogP contribution < -0.4 is 16.0 Å². The zero-order chi connectivity index (χ0) is 30.0. The second kappa shape index (κ2) is 11.8. The Kier molecular flexibility index (Phi) is 8.16. The number of alkyl halides is 2. The van der Waals surface area contributed by atoms with Gasteiger partial charge in [-0.05, 0) is 55.1 Å². The molecule has 0 bridgehead atoms. The Morgan fingerprint density at radius 3 is 2.60 bits per heavy atom. The van der Waals surface area contributed by atoms with Crippen molar-refractivity contribution in [1.82, 2.24) is 30.8 Å². The molecule has 14 heteroatoms. The number of carbonyl (C=O) groups is 3. The van der Waals surface area contributed by atoms with Gasteiger partial charge < -0.3 is 25.6 Å². The van der Waals surface area contributed by atoms with E-state index in [-0.39, 0.29) is 24.0 Å². The molecule has 1 saturated heterocycles. The van der Waals surface area contributed by atoms with Gasteiger partial charge in [-0.3, -0.25) is 9.59 Å². The Hall–Kier alpha value is -4.46. The summed E-state index contributed by atoms with van der Waals surface area (Å²) >= 11 is 0. The fraction of sp³-hybridized carbons (Fsp3) is 0.429. The van der Waals surface area contributed by atoms with E-state index >= 15 is 0 Å². The van der Waals surface area contributed by atoms with E-state index in [0.29, 0.717) is 16.8 Å². The van der Waals surface area contributed by atoms with Gasteiger partial charge in [-0.1, -0.05) is 34.5 Å². The molecule has 1 aliphatic carbocycles. The van der Waals surface area contributed by atoms with Crippen molar-refractivity contribution in [3.05, 3.63) is 70.2 Å². The predicted octanol–water partition coefficient (Wildman–Crippen LogP) is 3.42. The fourth-order valence-corrected chi connectivity index (χ4v) is 5.03. The molecule has 5 rings (SSSR count). The maximum Gasteiger partial charge on any atom is 0.318 e. The molecule has 0 spiro atoms. The van der Waals surface area contributed by atoms with Gasteiger partial charge in [-0.15, -0.1) is 0 Å². The van der Waals surface area contributed by atoms with Gasteiger partial charge in [0.15, 0.2) is 5.69 Å². The van der Waals surface area contributed by atoms with Crippen LogP contribution in [0.5, 0.6) is 0 Å². The maximum atomic E-state index is 14.2. The normalized spacial score (nSPS) is 17.7. The van der Waals surface area contributed by atoms with Crippen molar-refractivity contribution in [2.75, 3.05) is 32.1 Å². The largest absolute Gasteiger partial charge is 0.382 e. The first-order valence-corrected chi connectivity index (χ1v) is 13.4. The minimum atomic E-state index is -3.12. The Labute approximate surface area is 240 Å². The third kappa shape index (κ3) is 6.54. The zero-order valence-electron chi connectivity index (χ0n) is 23.3. The highest BCUT2D eigenvalue weighted by Gasteiger charge is 2.42. The van der Waals surface area contributed by atoms with Crippen molar-refractivity contribution >= 4 is 23.7 Å². The minimum Gasteiger partial charge on any atom is -0.382 e. The molecule has 222 valence electrons. The number of urea groups is 1. The van der Waals surface area contributed by atoms with E-state index in [1.54, 1.807) is 18.2 Å². The Balaban J connectivity index is 1.41. The van der Waals surface area contributed by atoms with Gasteiger partial charge in [0.25, 0.3) is 17.7 Å². The fourth-order valence-electron chi connectivity index (χ4n) is 5.03. The van der Waals surface area contributed by atoms with Crippen LogP contribution in [0.1, 0.15) is 69.3 Å². The van der Waals surface area contributed by atoms with E-state index < -0.39 is 48.9 Å². The van der Waals surface area contributed by atoms with Crippen molar-refractivity contribution in [2.24, 2.45) is 0 Å². The second-order valence-corrected chi connectivity index (χ2v) is 10.7. The number of pyridine rings is 1. The number of nitrogens with one attached hydrogen (secondary N) is 3. The van der Waals surface area contributed by atoms with E-state index in [9.17, 15) is 23.2 Å². The third-order valence-corrected chi connectivity index (χ3v) is 7.09. The summed E-state index contributed by atoms with van der Waals surface area (Å²) in [6.45, 7) is 2.13. The van der Waals surface area contributed by atoms with Crippen molar-refractivity contribution in [3.63, 3.8) is 0 Å². The number of halogens is 2. The lowest BCUT2D eigenvalue weighted by molar-refractivity contribution is -0.118. The molecule has 3 heterocycles. The molecule has 2 aromatic heterocycles. The van der Waals surface area contributed by atoms with Crippen LogP contribution >= 0.6 is 0 Å².